The number of carbonyl (C=O) groups is 3. The van der Waals surface area contributed by atoms with Gasteiger partial charge in [0.05, 0.1) is 0 Å². The molecule has 0 rings (SSSR count). The lowest BCUT2D eigenvalue weighted by Crippen LogP contribution is -2.30. The van der Waals surface area contributed by atoms with Crippen molar-refractivity contribution in [3.05, 3.63) is 0 Å². The first kappa shape index (κ1) is 65.4. The quantitative estimate of drug-likeness (QED) is 0.0343. The molecule has 398 valence electrons. The summed E-state index contributed by atoms with van der Waals surface area (Å²) in [6, 6.07) is 0. The molecule has 0 aromatic heterocycles. The first-order valence-corrected chi connectivity index (χ1v) is 30.2. The maximum absolute atomic E-state index is 12.8. The fourth-order valence-corrected chi connectivity index (χ4v) is 9.40. The summed E-state index contributed by atoms with van der Waals surface area (Å²) in [5.41, 5.74) is 0. The standard InChI is InChI=1S/C61H118O6/c1-6-7-8-9-10-11-31-38-43-48-53-61(64)67-58(55-66-60(63)52-47-42-37-33-28-24-20-16-18-22-26-30-35-40-45-50-57(4)5)54-65-59(62)51-46-41-36-32-27-23-19-15-13-12-14-17-21-25-29-34-39-44-49-56(2)3/h56-58H,6-55H2,1-5H3/t58-/m1/s1. The zero-order chi connectivity index (χ0) is 48.9. The van der Waals surface area contributed by atoms with Crippen molar-refractivity contribution >= 4 is 17.9 Å². The molecule has 0 saturated heterocycles. The van der Waals surface area contributed by atoms with E-state index < -0.39 is 6.10 Å². The Hall–Kier alpha value is -1.59. The van der Waals surface area contributed by atoms with Crippen molar-refractivity contribution < 1.29 is 28.6 Å². The van der Waals surface area contributed by atoms with Gasteiger partial charge in [0.25, 0.3) is 0 Å². The van der Waals surface area contributed by atoms with E-state index in [9.17, 15) is 14.4 Å². The molecule has 0 fully saturated rings. The van der Waals surface area contributed by atoms with Crippen molar-refractivity contribution in [2.45, 2.75) is 349 Å². The summed E-state index contributed by atoms with van der Waals surface area (Å²) >= 11 is 0. The summed E-state index contributed by atoms with van der Waals surface area (Å²) in [5, 5.41) is 0. The molecule has 0 amide bonds. The van der Waals surface area contributed by atoms with Gasteiger partial charge < -0.3 is 14.2 Å². The molecule has 0 radical (unpaired) electrons. The first-order chi connectivity index (χ1) is 32.7. The van der Waals surface area contributed by atoms with Gasteiger partial charge in [0, 0.05) is 19.3 Å². The number of unbranched alkanes of at least 4 members (excludes halogenated alkanes) is 40. The first-order valence-electron chi connectivity index (χ1n) is 30.2. The highest BCUT2D eigenvalue weighted by atomic mass is 16.6. The zero-order valence-corrected chi connectivity index (χ0v) is 46.0. The zero-order valence-electron chi connectivity index (χ0n) is 46.0. The molecule has 0 spiro atoms. The largest absolute Gasteiger partial charge is 0.462 e. The van der Waals surface area contributed by atoms with E-state index in [1.165, 1.54) is 231 Å². The van der Waals surface area contributed by atoms with Crippen molar-refractivity contribution in [1.82, 2.24) is 0 Å². The Labute approximate surface area is 418 Å². The maximum Gasteiger partial charge on any atom is 0.306 e. The van der Waals surface area contributed by atoms with Crippen molar-refractivity contribution in [1.29, 1.82) is 0 Å². The monoisotopic (exact) mass is 947 g/mol. The predicted octanol–water partition coefficient (Wildman–Crippen LogP) is 20.0. The normalized spacial score (nSPS) is 12.0. The Morgan fingerprint density at radius 3 is 0.731 bits per heavy atom. The lowest BCUT2D eigenvalue weighted by molar-refractivity contribution is -0.167. The molecule has 0 aliphatic rings. The van der Waals surface area contributed by atoms with E-state index in [-0.39, 0.29) is 31.1 Å². The van der Waals surface area contributed by atoms with Crippen LogP contribution in [-0.4, -0.2) is 37.2 Å². The van der Waals surface area contributed by atoms with Crippen LogP contribution in [-0.2, 0) is 28.6 Å². The smallest absolute Gasteiger partial charge is 0.306 e. The fourth-order valence-electron chi connectivity index (χ4n) is 9.40. The summed E-state index contributed by atoms with van der Waals surface area (Å²) in [6.45, 7) is 11.4. The number of hydrogen-bond donors (Lipinski definition) is 0. The van der Waals surface area contributed by atoms with E-state index in [1.54, 1.807) is 0 Å². The van der Waals surface area contributed by atoms with Gasteiger partial charge in [-0.3, -0.25) is 14.4 Å². The Morgan fingerprint density at radius 2 is 0.493 bits per heavy atom. The molecule has 6 nitrogen and oxygen atoms in total. The number of hydrogen-bond acceptors (Lipinski definition) is 6. The number of rotatable bonds is 55. The minimum Gasteiger partial charge on any atom is -0.462 e. The van der Waals surface area contributed by atoms with Crippen molar-refractivity contribution in [2.75, 3.05) is 13.2 Å². The molecule has 67 heavy (non-hydrogen) atoms. The molecule has 0 aliphatic carbocycles. The highest BCUT2D eigenvalue weighted by molar-refractivity contribution is 5.71. The summed E-state index contributed by atoms with van der Waals surface area (Å²) in [7, 11) is 0. The fraction of sp³-hybridized carbons (Fsp3) is 0.951. The third-order valence-corrected chi connectivity index (χ3v) is 14.0. The third kappa shape index (κ3) is 55.2. The maximum atomic E-state index is 12.8. The average molecular weight is 948 g/mol. The molecule has 0 unspecified atom stereocenters. The molecule has 0 N–H and O–H groups in total. The van der Waals surface area contributed by atoms with E-state index in [0.717, 1.165) is 69.6 Å². The van der Waals surface area contributed by atoms with Gasteiger partial charge >= 0.3 is 17.9 Å². The van der Waals surface area contributed by atoms with Gasteiger partial charge in [0.1, 0.15) is 13.2 Å². The van der Waals surface area contributed by atoms with Crippen LogP contribution in [0.2, 0.25) is 0 Å². The van der Waals surface area contributed by atoms with E-state index in [1.807, 2.05) is 0 Å². The molecule has 1 atom stereocenters. The van der Waals surface area contributed by atoms with Crippen LogP contribution in [0, 0.1) is 11.8 Å². The molecule has 0 aromatic rings. The van der Waals surface area contributed by atoms with Crippen LogP contribution in [0.25, 0.3) is 0 Å². The highest BCUT2D eigenvalue weighted by Gasteiger charge is 2.19. The molecular weight excluding hydrogens is 829 g/mol. The van der Waals surface area contributed by atoms with E-state index in [4.69, 9.17) is 14.2 Å². The Balaban J connectivity index is 4.17. The summed E-state index contributed by atoms with van der Waals surface area (Å²) < 4.78 is 16.9. The second kappa shape index (κ2) is 53.8. The van der Waals surface area contributed by atoms with Crippen LogP contribution in [0.4, 0.5) is 0 Å². The van der Waals surface area contributed by atoms with E-state index in [0.29, 0.717) is 19.3 Å². The molecule has 0 saturated carbocycles. The number of esters is 3. The Bertz CT molecular complexity index is 1020. The van der Waals surface area contributed by atoms with E-state index >= 15 is 0 Å². The Morgan fingerprint density at radius 1 is 0.284 bits per heavy atom. The molecule has 0 aliphatic heterocycles. The number of ether oxygens (including phenoxy) is 3. The van der Waals surface area contributed by atoms with Crippen LogP contribution in [0.1, 0.15) is 343 Å². The van der Waals surface area contributed by atoms with Gasteiger partial charge in [-0.2, -0.15) is 0 Å². The van der Waals surface area contributed by atoms with Crippen LogP contribution in [0.15, 0.2) is 0 Å². The summed E-state index contributed by atoms with van der Waals surface area (Å²) in [6.07, 6.45) is 58.2. The Kier molecular flexibility index (Phi) is 52.5. The third-order valence-electron chi connectivity index (χ3n) is 14.0. The van der Waals surface area contributed by atoms with Crippen LogP contribution in [0.3, 0.4) is 0 Å². The summed E-state index contributed by atoms with van der Waals surface area (Å²) in [4.78, 5) is 38.1. The minimum absolute atomic E-state index is 0.0624. The average Bonchev–Trinajstić information content (AvgIpc) is 3.30. The minimum atomic E-state index is -0.762. The SMILES string of the molecule is CCCCCCCCCCCCC(=O)O[C@H](COC(=O)CCCCCCCCCCCCCCCCCCCCC(C)C)COC(=O)CCCCCCCCCCCCCCCCCC(C)C. The lowest BCUT2D eigenvalue weighted by Gasteiger charge is -2.18. The van der Waals surface area contributed by atoms with Crippen LogP contribution < -0.4 is 0 Å². The topological polar surface area (TPSA) is 78.9 Å². The molecular formula is C61H118O6. The van der Waals surface area contributed by atoms with Crippen molar-refractivity contribution in [2.24, 2.45) is 11.8 Å². The molecule has 0 bridgehead atoms. The second-order valence-corrected chi connectivity index (χ2v) is 21.9. The van der Waals surface area contributed by atoms with E-state index in [2.05, 4.69) is 34.6 Å². The summed E-state index contributed by atoms with van der Waals surface area (Å²) in [5.74, 6) is 0.871. The van der Waals surface area contributed by atoms with Crippen LogP contribution >= 0.6 is 0 Å². The van der Waals surface area contributed by atoms with Gasteiger partial charge in [0.15, 0.2) is 6.10 Å². The molecule has 0 heterocycles. The highest BCUT2D eigenvalue weighted by Crippen LogP contribution is 2.19. The van der Waals surface area contributed by atoms with Crippen molar-refractivity contribution in [3.8, 4) is 0 Å². The lowest BCUT2D eigenvalue weighted by atomic mass is 10.0. The number of carbonyl (C=O) groups excluding carboxylic acids is 3. The molecule has 6 heteroatoms. The second-order valence-electron chi connectivity index (χ2n) is 21.9. The molecule has 0 aromatic carbocycles. The van der Waals surface area contributed by atoms with Gasteiger partial charge in [0.2, 0.25) is 0 Å². The van der Waals surface area contributed by atoms with Gasteiger partial charge in [-0.05, 0) is 31.1 Å². The predicted molar refractivity (Wildman–Crippen MR) is 289 cm³/mol. The van der Waals surface area contributed by atoms with Gasteiger partial charge in [-0.15, -0.1) is 0 Å². The van der Waals surface area contributed by atoms with Gasteiger partial charge in [-0.25, -0.2) is 0 Å². The van der Waals surface area contributed by atoms with Gasteiger partial charge in [-0.1, -0.05) is 304 Å². The van der Waals surface area contributed by atoms with Crippen LogP contribution in [0.5, 0.6) is 0 Å². The van der Waals surface area contributed by atoms with Crippen molar-refractivity contribution in [3.63, 3.8) is 0 Å².